The van der Waals surface area contributed by atoms with Crippen molar-refractivity contribution in [1.82, 2.24) is 5.32 Å². The number of aliphatic hydroxyl groups excluding tert-OH is 1. The molecule has 0 saturated heterocycles. The topological polar surface area (TPSA) is 96.9 Å². The molecule has 0 saturated carbocycles. The van der Waals surface area contributed by atoms with Crippen molar-refractivity contribution in [3.05, 3.63) is 124 Å². The van der Waals surface area contributed by atoms with Gasteiger partial charge in [0.15, 0.2) is 0 Å². The highest BCUT2D eigenvalue weighted by molar-refractivity contribution is 6.31. The number of carbonyl (C=O) groups is 2. The fourth-order valence-corrected chi connectivity index (χ4v) is 5.13. The SMILES string of the molecule is CC(c1ccccc1NC(=O)OCc1ccccc1)c1cc(Cl)cc(-c2ccccc2CO)c1CNC(=O)OC(C)(C)C. The van der Waals surface area contributed by atoms with Crippen molar-refractivity contribution in [2.45, 2.75) is 59.0 Å². The summed E-state index contributed by atoms with van der Waals surface area (Å²) in [5.74, 6) is -0.264. The molecule has 8 heteroatoms. The summed E-state index contributed by atoms with van der Waals surface area (Å²) in [4.78, 5) is 25.5. The van der Waals surface area contributed by atoms with E-state index in [1.807, 2.05) is 97.9 Å². The Bertz CT molecular complexity index is 1570. The van der Waals surface area contributed by atoms with E-state index in [2.05, 4.69) is 10.6 Å². The Morgan fingerprint density at radius 3 is 2.26 bits per heavy atom. The molecule has 0 spiro atoms. The number of hydrogen-bond acceptors (Lipinski definition) is 5. The molecule has 0 radical (unpaired) electrons. The predicted octanol–water partition coefficient (Wildman–Crippen LogP) is 8.42. The van der Waals surface area contributed by atoms with Gasteiger partial charge in [-0.25, -0.2) is 9.59 Å². The van der Waals surface area contributed by atoms with E-state index in [9.17, 15) is 14.7 Å². The van der Waals surface area contributed by atoms with Gasteiger partial charge >= 0.3 is 12.2 Å². The summed E-state index contributed by atoms with van der Waals surface area (Å²) < 4.78 is 11.0. The molecule has 0 heterocycles. The molecular formula is C35H37ClN2O5. The molecule has 0 fully saturated rings. The molecule has 43 heavy (non-hydrogen) atoms. The lowest BCUT2D eigenvalue weighted by Crippen LogP contribution is -2.32. The van der Waals surface area contributed by atoms with Crippen LogP contribution >= 0.6 is 11.6 Å². The quantitative estimate of drug-likeness (QED) is 0.179. The van der Waals surface area contributed by atoms with E-state index in [0.717, 1.165) is 38.9 Å². The maximum Gasteiger partial charge on any atom is 0.411 e. The minimum atomic E-state index is -0.660. The second-order valence-corrected chi connectivity index (χ2v) is 11.6. The van der Waals surface area contributed by atoms with Gasteiger partial charge in [0.05, 0.1) is 6.61 Å². The highest BCUT2D eigenvalue weighted by atomic mass is 35.5. The van der Waals surface area contributed by atoms with Gasteiger partial charge in [-0.1, -0.05) is 91.3 Å². The number of nitrogens with one attached hydrogen (secondary N) is 2. The van der Waals surface area contributed by atoms with E-state index in [-0.39, 0.29) is 25.7 Å². The summed E-state index contributed by atoms with van der Waals surface area (Å²) in [6.45, 7) is 7.56. The van der Waals surface area contributed by atoms with Crippen LogP contribution in [0.2, 0.25) is 5.02 Å². The molecule has 1 atom stereocenters. The van der Waals surface area contributed by atoms with Gasteiger partial charge in [-0.05, 0) is 77.9 Å². The molecule has 2 amide bonds. The first-order valence-electron chi connectivity index (χ1n) is 14.1. The van der Waals surface area contributed by atoms with Gasteiger partial charge in [-0.15, -0.1) is 0 Å². The molecule has 4 rings (SSSR count). The number of halogens is 1. The van der Waals surface area contributed by atoms with Crippen LogP contribution in [0.1, 0.15) is 61.4 Å². The molecule has 1 unspecified atom stereocenters. The monoisotopic (exact) mass is 600 g/mol. The first-order chi connectivity index (χ1) is 20.6. The van der Waals surface area contributed by atoms with Gasteiger partial charge in [-0.2, -0.15) is 0 Å². The first-order valence-corrected chi connectivity index (χ1v) is 14.5. The summed E-state index contributed by atoms with van der Waals surface area (Å²) >= 11 is 6.71. The number of anilines is 1. The molecule has 4 aromatic carbocycles. The molecule has 224 valence electrons. The predicted molar refractivity (Wildman–Crippen MR) is 170 cm³/mol. The lowest BCUT2D eigenvalue weighted by atomic mass is 9.84. The Morgan fingerprint density at radius 1 is 0.860 bits per heavy atom. The van der Waals surface area contributed by atoms with E-state index in [1.165, 1.54) is 0 Å². The van der Waals surface area contributed by atoms with Crippen LogP contribution in [-0.2, 0) is 29.2 Å². The third kappa shape index (κ3) is 8.60. The Labute approximate surface area is 257 Å². The van der Waals surface area contributed by atoms with Crippen LogP contribution in [0.5, 0.6) is 0 Å². The second kappa shape index (κ2) is 14.2. The zero-order valence-corrected chi connectivity index (χ0v) is 25.6. The van der Waals surface area contributed by atoms with E-state index in [4.69, 9.17) is 21.1 Å². The van der Waals surface area contributed by atoms with Crippen LogP contribution in [0.3, 0.4) is 0 Å². The number of aliphatic hydroxyl groups is 1. The van der Waals surface area contributed by atoms with Crippen molar-refractivity contribution >= 4 is 29.5 Å². The van der Waals surface area contributed by atoms with Crippen LogP contribution in [0.15, 0.2) is 91.0 Å². The molecule has 3 N–H and O–H groups in total. The van der Waals surface area contributed by atoms with Crippen molar-refractivity contribution in [2.75, 3.05) is 5.32 Å². The number of hydrogen-bond donors (Lipinski definition) is 3. The molecule has 7 nitrogen and oxygen atoms in total. The highest BCUT2D eigenvalue weighted by Gasteiger charge is 2.23. The maximum absolute atomic E-state index is 12.8. The van der Waals surface area contributed by atoms with E-state index in [1.54, 1.807) is 20.8 Å². The van der Waals surface area contributed by atoms with E-state index < -0.39 is 17.8 Å². The second-order valence-electron chi connectivity index (χ2n) is 11.2. The maximum atomic E-state index is 12.8. The number of alkyl carbamates (subject to hydrolysis) is 1. The number of benzene rings is 4. The standard InChI is InChI=1S/C35H37ClN2O5/c1-23(27-15-10-11-17-32(27)38-34(41)42-22-24-12-6-5-7-13-24)29-18-26(36)19-30(28-16-9-8-14-25(28)21-39)31(29)20-37-33(40)43-35(2,3)4/h5-19,23,39H,20-22H2,1-4H3,(H,37,40)(H,38,41). The van der Waals surface area contributed by atoms with Gasteiger partial charge in [-0.3, -0.25) is 5.32 Å². The molecule has 0 aliphatic heterocycles. The summed E-state index contributed by atoms with van der Waals surface area (Å²) in [6.07, 6.45) is -1.12. The summed E-state index contributed by atoms with van der Waals surface area (Å²) in [5.41, 5.74) is 5.62. The first kappa shape index (κ1) is 31.6. The van der Waals surface area contributed by atoms with Gasteiger partial charge in [0, 0.05) is 23.2 Å². The van der Waals surface area contributed by atoms with Crippen LogP contribution in [-0.4, -0.2) is 22.9 Å². The third-order valence-corrected chi connectivity index (χ3v) is 7.10. The zero-order valence-electron chi connectivity index (χ0n) is 24.8. The highest BCUT2D eigenvalue weighted by Crippen LogP contribution is 2.39. The van der Waals surface area contributed by atoms with Crippen molar-refractivity contribution in [3.63, 3.8) is 0 Å². The van der Waals surface area contributed by atoms with Crippen molar-refractivity contribution in [3.8, 4) is 11.1 Å². The van der Waals surface area contributed by atoms with Gasteiger partial charge in [0.25, 0.3) is 0 Å². The average molecular weight is 601 g/mol. The number of ether oxygens (including phenoxy) is 2. The van der Waals surface area contributed by atoms with Gasteiger partial charge in [0.1, 0.15) is 12.2 Å². The Balaban J connectivity index is 1.71. The van der Waals surface area contributed by atoms with Crippen molar-refractivity contribution in [2.24, 2.45) is 0 Å². The summed E-state index contributed by atoms with van der Waals surface area (Å²) in [6, 6.07) is 28.2. The molecule has 0 aromatic heterocycles. The van der Waals surface area contributed by atoms with Gasteiger partial charge in [0.2, 0.25) is 0 Å². The lowest BCUT2D eigenvalue weighted by molar-refractivity contribution is 0.0523. The Kier molecular flexibility index (Phi) is 10.5. The molecule has 4 aromatic rings. The summed E-state index contributed by atoms with van der Waals surface area (Å²) in [5, 5.41) is 16.4. The van der Waals surface area contributed by atoms with E-state index >= 15 is 0 Å². The fourth-order valence-electron chi connectivity index (χ4n) is 4.90. The minimum Gasteiger partial charge on any atom is -0.444 e. The Morgan fingerprint density at radius 2 is 1.53 bits per heavy atom. The number of carbonyl (C=O) groups excluding carboxylic acids is 2. The largest absolute Gasteiger partial charge is 0.444 e. The number of amides is 2. The summed E-state index contributed by atoms with van der Waals surface area (Å²) in [7, 11) is 0. The van der Waals surface area contributed by atoms with Crippen LogP contribution in [0.25, 0.3) is 11.1 Å². The van der Waals surface area contributed by atoms with Crippen LogP contribution in [0, 0.1) is 0 Å². The molecule has 0 aliphatic carbocycles. The van der Waals surface area contributed by atoms with Crippen molar-refractivity contribution in [1.29, 1.82) is 0 Å². The fraction of sp³-hybridized carbons (Fsp3) is 0.257. The van der Waals surface area contributed by atoms with Gasteiger partial charge < -0.3 is 19.9 Å². The molecular weight excluding hydrogens is 564 g/mol. The molecule has 0 aliphatic rings. The van der Waals surface area contributed by atoms with E-state index in [0.29, 0.717) is 10.7 Å². The smallest absolute Gasteiger partial charge is 0.411 e. The third-order valence-electron chi connectivity index (χ3n) is 6.88. The average Bonchev–Trinajstić information content (AvgIpc) is 2.98. The van der Waals surface area contributed by atoms with Crippen LogP contribution in [0.4, 0.5) is 15.3 Å². The normalized spacial score (nSPS) is 11.9. The zero-order chi connectivity index (χ0) is 31.0. The molecule has 0 bridgehead atoms. The van der Waals surface area contributed by atoms with Crippen molar-refractivity contribution < 1.29 is 24.2 Å². The minimum absolute atomic E-state index is 0.146. The lowest BCUT2D eigenvalue weighted by Gasteiger charge is -2.25. The Hall–Kier alpha value is -4.33. The van der Waals surface area contributed by atoms with Crippen LogP contribution < -0.4 is 10.6 Å². The number of rotatable bonds is 9. The number of para-hydroxylation sites is 1.